The summed E-state index contributed by atoms with van der Waals surface area (Å²) < 4.78 is 5.46. The summed E-state index contributed by atoms with van der Waals surface area (Å²) in [4.78, 5) is 24.4. The number of benzene rings is 1. The Balaban J connectivity index is 1.93. The first-order valence-electron chi connectivity index (χ1n) is 7.38. The van der Waals surface area contributed by atoms with Gasteiger partial charge < -0.3 is 15.0 Å². The van der Waals surface area contributed by atoms with Gasteiger partial charge in [0.25, 0.3) is 11.6 Å². The zero-order chi connectivity index (χ0) is 16.1. The summed E-state index contributed by atoms with van der Waals surface area (Å²) in [5, 5.41) is 13.8. The molecule has 1 unspecified atom stereocenters. The van der Waals surface area contributed by atoms with Crippen LogP contribution in [-0.2, 0) is 4.79 Å². The number of hydrogen-bond acceptors (Lipinski definition) is 5. The summed E-state index contributed by atoms with van der Waals surface area (Å²) >= 11 is 0. The maximum atomic E-state index is 12.4. The van der Waals surface area contributed by atoms with Gasteiger partial charge in [-0.3, -0.25) is 14.9 Å². The van der Waals surface area contributed by atoms with Crippen LogP contribution in [0, 0.1) is 10.1 Å². The molecule has 1 atom stereocenters. The van der Waals surface area contributed by atoms with Crippen LogP contribution in [0.2, 0.25) is 0 Å². The van der Waals surface area contributed by atoms with E-state index in [0.717, 1.165) is 19.5 Å². The van der Waals surface area contributed by atoms with Crippen molar-refractivity contribution < 1.29 is 14.5 Å². The second kappa shape index (κ2) is 7.22. The summed E-state index contributed by atoms with van der Waals surface area (Å²) in [6.07, 6.45) is 0.946. The molecule has 0 aliphatic carbocycles. The van der Waals surface area contributed by atoms with Gasteiger partial charge in [0, 0.05) is 30.8 Å². The third-order valence-electron chi connectivity index (χ3n) is 3.68. The molecule has 0 radical (unpaired) electrons. The average molecular weight is 307 g/mol. The van der Waals surface area contributed by atoms with E-state index in [9.17, 15) is 14.9 Å². The number of carbonyl (C=O) groups is 1. The molecule has 1 aliphatic heterocycles. The zero-order valence-corrected chi connectivity index (χ0v) is 12.8. The molecule has 0 saturated carbocycles. The molecule has 22 heavy (non-hydrogen) atoms. The molecule has 0 aromatic heterocycles. The molecule has 1 aromatic carbocycles. The van der Waals surface area contributed by atoms with Gasteiger partial charge in [-0.1, -0.05) is 0 Å². The van der Waals surface area contributed by atoms with Crippen molar-refractivity contribution in [3.63, 3.8) is 0 Å². The fourth-order valence-corrected chi connectivity index (χ4v) is 2.67. The highest BCUT2D eigenvalue weighted by atomic mass is 16.6. The van der Waals surface area contributed by atoms with Gasteiger partial charge in [0.05, 0.1) is 4.92 Å². The van der Waals surface area contributed by atoms with Gasteiger partial charge in [0.15, 0.2) is 6.61 Å². The molecule has 2 rings (SSSR count). The van der Waals surface area contributed by atoms with Crippen LogP contribution in [0.5, 0.6) is 5.75 Å². The number of amides is 1. The summed E-state index contributed by atoms with van der Waals surface area (Å²) in [5.74, 6) is 0.384. The normalized spacial score (nSPS) is 17.5. The van der Waals surface area contributed by atoms with Crippen LogP contribution in [0.15, 0.2) is 24.3 Å². The van der Waals surface area contributed by atoms with E-state index in [1.165, 1.54) is 24.3 Å². The van der Waals surface area contributed by atoms with Crippen molar-refractivity contribution in [2.24, 2.45) is 0 Å². The van der Waals surface area contributed by atoms with E-state index in [4.69, 9.17) is 4.74 Å². The second-order valence-corrected chi connectivity index (χ2v) is 5.58. The molecule has 1 heterocycles. The standard InChI is InChI=1S/C15H21N3O4/c1-11(2)17(13-7-8-16-9-13)15(19)10-22-14-5-3-12(4-6-14)18(20)21/h3-6,11,13,16H,7-10H2,1-2H3. The Labute approximate surface area is 129 Å². The number of carbonyl (C=O) groups excluding carboxylic acids is 1. The van der Waals surface area contributed by atoms with E-state index in [1.807, 2.05) is 18.7 Å². The molecule has 1 amide bonds. The van der Waals surface area contributed by atoms with Crippen LogP contribution in [0.25, 0.3) is 0 Å². The third-order valence-corrected chi connectivity index (χ3v) is 3.68. The van der Waals surface area contributed by atoms with Gasteiger partial charge in [-0.2, -0.15) is 0 Å². The fraction of sp³-hybridized carbons (Fsp3) is 0.533. The first kappa shape index (κ1) is 16.2. The Kier molecular flexibility index (Phi) is 5.32. The SMILES string of the molecule is CC(C)N(C(=O)COc1ccc([N+](=O)[O-])cc1)C1CCNC1. The predicted molar refractivity (Wildman–Crippen MR) is 81.8 cm³/mol. The number of ether oxygens (including phenoxy) is 1. The van der Waals surface area contributed by atoms with Crippen LogP contribution in [0.4, 0.5) is 5.69 Å². The van der Waals surface area contributed by atoms with Crippen molar-refractivity contribution in [3.05, 3.63) is 34.4 Å². The number of hydrogen-bond donors (Lipinski definition) is 1. The number of nitrogens with zero attached hydrogens (tertiary/aromatic N) is 2. The van der Waals surface area contributed by atoms with E-state index >= 15 is 0 Å². The molecule has 1 aliphatic rings. The largest absolute Gasteiger partial charge is 0.484 e. The summed E-state index contributed by atoms with van der Waals surface area (Å²) in [7, 11) is 0. The Bertz CT molecular complexity index is 524. The first-order chi connectivity index (χ1) is 10.5. The Morgan fingerprint density at radius 3 is 2.64 bits per heavy atom. The van der Waals surface area contributed by atoms with Crippen LogP contribution in [-0.4, -0.2) is 47.5 Å². The summed E-state index contributed by atoms with van der Waals surface area (Å²) in [5.41, 5.74) is -0.000450. The third kappa shape index (κ3) is 3.94. The number of nitro groups is 1. The van der Waals surface area contributed by atoms with Gasteiger partial charge in [0.1, 0.15) is 5.75 Å². The van der Waals surface area contributed by atoms with Gasteiger partial charge >= 0.3 is 0 Å². The van der Waals surface area contributed by atoms with Crippen molar-refractivity contribution in [3.8, 4) is 5.75 Å². The van der Waals surface area contributed by atoms with Crippen LogP contribution < -0.4 is 10.1 Å². The first-order valence-corrected chi connectivity index (χ1v) is 7.38. The molecule has 7 heteroatoms. The number of nitro benzene ring substituents is 1. The number of non-ortho nitro benzene ring substituents is 1. The highest BCUT2D eigenvalue weighted by Gasteiger charge is 2.28. The van der Waals surface area contributed by atoms with Crippen LogP contribution in [0.1, 0.15) is 20.3 Å². The Morgan fingerprint density at radius 2 is 2.14 bits per heavy atom. The molecule has 1 aromatic rings. The number of nitrogens with one attached hydrogen (secondary N) is 1. The van der Waals surface area contributed by atoms with Gasteiger partial charge in [-0.15, -0.1) is 0 Å². The summed E-state index contributed by atoms with van der Waals surface area (Å²) in [6, 6.07) is 6.04. The van der Waals surface area contributed by atoms with E-state index < -0.39 is 4.92 Å². The maximum Gasteiger partial charge on any atom is 0.269 e. The lowest BCUT2D eigenvalue weighted by molar-refractivity contribution is -0.384. The molecule has 7 nitrogen and oxygen atoms in total. The van der Waals surface area contributed by atoms with E-state index in [1.54, 1.807) is 0 Å². The molecule has 120 valence electrons. The molecule has 1 fully saturated rings. The monoisotopic (exact) mass is 307 g/mol. The van der Waals surface area contributed by atoms with Crippen molar-refractivity contribution in [2.45, 2.75) is 32.4 Å². The van der Waals surface area contributed by atoms with Crippen molar-refractivity contribution >= 4 is 11.6 Å². The Hall–Kier alpha value is -2.15. The van der Waals surface area contributed by atoms with Gasteiger partial charge in [0.2, 0.25) is 0 Å². The van der Waals surface area contributed by atoms with E-state index in [-0.39, 0.29) is 30.3 Å². The molecular weight excluding hydrogens is 286 g/mol. The molecule has 0 spiro atoms. The van der Waals surface area contributed by atoms with E-state index in [0.29, 0.717) is 5.75 Å². The van der Waals surface area contributed by atoms with Crippen LogP contribution in [0.3, 0.4) is 0 Å². The van der Waals surface area contributed by atoms with Gasteiger partial charge in [-0.05, 0) is 38.9 Å². The lowest BCUT2D eigenvalue weighted by atomic mass is 10.1. The second-order valence-electron chi connectivity index (χ2n) is 5.58. The smallest absolute Gasteiger partial charge is 0.269 e. The highest BCUT2D eigenvalue weighted by molar-refractivity contribution is 5.78. The molecule has 1 N–H and O–H groups in total. The number of rotatable bonds is 6. The summed E-state index contributed by atoms with van der Waals surface area (Å²) in [6.45, 7) is 5.64. The van der Waals surface area contributed by atoms with Crippen LogP contribution >= 0.6 is 0 Å². The lowest BCUT2D eigenvalue weighted by Crippen LogP contribution is -2.47. The highest BCUT2D eigenvalue weighted by Crippen LogP contribution is 2.18. The van der Waals surface area contributed by atoms with Crippen molar-refractivity contribution in [2.75, 3.05) is 19.7 Å². The predicted octanol–water partition coefficient (Wildman–Crippen LogP) is 1.57. The fourth-order valence-electron chi connectivity index (χ4n) is 2.67. The topological polar surface area (TPSA) is 84.7 Å². The Morgan fingerprint density at radius 1 is 1.45 bits per heavy atom. The zero-order valence-electron chi connectivity index (χ0n) is 12.8. The minimum atomic E-state index is -0.470. The van der Waals surface area contributed by atoms with E-state index in [2.05, 4.69) is 5.32 Å². The quantitative estimate of drug-likeness (QED) is 0.637. The molecule has 1 saturated heterocycles. The lowest BCUT2D eigenvalue weighted by Gasteiger charge is -2.32. The molecular formula is C15H21N3O4. The van der Waals surface area contributed by atoms with Crippen molar-refractivity contribution in [1.82, 2.24) is 10.2 Å². The molecule has 0 bridgehead atoms. The van der Waals surface area contributed by atoms with Gasteiger partial charge in [-0.25, -0.2) is 0 Å². The average Bonchev–Trinajstić information content (AvgIpc) is 2.99. The minimum absolute atomic E-state index is 0.000450. The maximum absolute atomic E-state index is 12.4. The van der Waals surface area contributed by atoms with Crippen molar-refractivity contribution in [1.29, 1.82) is 0 Å². The minimum Gasteiger partial charge on any atom is -0.484 e.